The molecule has 0 saturated carbocycles. The summed E-state index contributed by atoms with van der Waals surface area (Å²) in [6, 6.07) is 178. The fraction of sp³-hybridized carbons (Fsp3) is 0. The maximum Gasteiger partial charge on any atom is 0.160 e. The molecular formula is C132H82N6O4. The number of rotatable bonds is 16. The Morgan fingerprint density at radius 1 is 0.141 bits per heavy atom. The molecule has 0 amide bonds. The van der Waals surface area contributed by atoms with Crippen LogP contribution in [0, 0.1) is 0 Å². The molecule has 10 heteroatoms. The summed E-state index contributed by atoms with van der Waals surface area (Å²) in [6.07, 6.45) is 0. The number of furan rings is 4. The predicted octanol–water partition coefficient (Wildman–Crippen LogP) is 37.8. The lowest BCUT2D eigenvalue weighted by Crippen LogP contribution is -2.12. The van der Waals surface area contributed by atoms with Crippen molar-refractivity contribution < 1.29 is 17.7 Å². The van der Waals surface area contributed by atoms with E-state index in [1.54, 1.807) is 0 Å². The van der Waals surface area contributed by atoms with Crippen molar-refractivity contribution in [1.29, 1.82) is 0 Å². The SMILES string of the molecule is c1ccc(-c2cccc(N(c3ccccc3)c3cc4c5ccccc5oc4c4c3c3cccc5c6c(N(c7ccccc7)c7cccc(-c8ccccc8)c7)cc7c8ccccc8oc7c6n4c35)c2)cc1.c1ccc(-c2ccccc2N(c2ccccc2)c2cc3c4ccccc4oc3c3c2c2cccc4c5c(N(c6ccccc6)c6ccccc6-c6ccccc6)cc6c7ccccc7oc6c5n3c24)cc1. The molecule has 664 valence electrons. The Morgan fingerprint density at radius 2 is 0.359 bits per heavy atom. The first-order chi connectivity index (χ1) is 70.5. The summed E-state index contributed by atoms with van der Waals surface area (Å²) < 4.78 is 33.7. The lowest BCUT2D eigenvalue weighted by Gasteiger charge is -2.29. The summed E-state index contributed by atoms with van der Waals surface area (Å²) in [6.45, 7) is 0. The van der Waals surface area contributed by atoms with E-state index < -0.39 is 0 Å². The zero-order valence-electron chi connectivity index (χ0n) is 76.7. The highest BCUT2D eigenvalue weighted by atomic mass is 16.3. The summed E-state index contributed by atoms with van der Waals surface area (Å²) in [7, 11) is 0. The van der Waals surface area contributed by atoms with Crippen molar-refractivity contribution in [3.8, 4) is 44.5 Å². The van der Waals surface area contributed by atoms with Crippen LogP contribution in [-0.4, -0.2) is 8.80 Å². The average molecular weight is 1820 g/mol. The molecule has 0 fully saturated rings. The van der Waals surface area contributed by atoms with E-state index in [2.05, 4.69) is 526 Å². The third-order valence-electron chi connectivity index (χ3n) is 28.9. The van der Waals surface area contributed by atoms with Crippen molar-refractivity contribution >= 4 is 232 Å². The minimum absolute atomic E-state index is 0.827. The second kappa shape index (κ2) is 32.3. The minimum atomic E-state index is 0.827. The van der Waals surface area contributed by atoms with Gasteiger partial charge in [0.2, 0.25) is 0 Å². The fourth-order valence-corrected chi connectivity index (χ4v) is 22.9. The minimum Gasteiger partial charge on any atom is -0.454 e. The Hall–Kier alpha value is -19.2. The number of para-hydroxylation sites is 12. The lowest BCUT2D eigenvalue weighted by molar-refractivity contribution is 0.669. The third kappa shape index (κ3) is 12.4. The molecule has 0 N–H and O–H groups in total. The Balaban J connectivity index is 0.000000136. The van der Waals surface area contributed by atoms with E-state index in [9.17, 15) is 0 Å². The van der Waals surface area contributed by atoms with Crippen molar-refractivity contribution in [1.82, 2.24) is 8.80 Å². The highest BCUT2D eigenvalue weighted by Crippen LogP contribution is 2.59. The Kier molecular flexibility index (Phi) is 18.2. The molecule has 0 aliphatic heterocycles. The van der Waals surface area contributed by atoms with E-state index in [4.69, 9.17) is 17.7 Å². The van der Waals surface area contributed by atoms with Crippen LogP contribution in [0.2, 0.25) is 0 Å². The van der Waals surface area contributed by atoms with Gasteiger partial charge in [-0.05, 0) is 167 Å². The van der Waals surface area contributed by atoms with E-state index in [-0.39, 0.29) is 0 Å². The monoisotopic (exact) mass is 1810 g/mol. The van der Waals surface area contributed by atoms with Gasteiger partial charge in [0, 0.05) is 131 Å². The van der Waals surface area contributed by atoms with E-state index in [1.807, 2.05) is 0 Å². The molecule has 30 aromatic rings. The van der Waals surface area contributed by atoms with Crippen LogP contribution in [0.1, 0.15) is 0 Å². The van der Waals surface area contributed by atoms with Crippen LogP contribution < -0.4 is 19.6 Å². The molecule has 8 heterocycles. The summed E-state index contributed by atoms with van der Waals surface area (Å²) >= 11 is 0. The van der Waals surface area contributed by atoms with Crippen LogP contribution in [0.4, 0.5) is 68.2 Å². The van der Waals surface area contributed by atoms with Crippen LogP contribution in [0.15, 0.2) is 515 Å². The molecule has 0 bridgehead atoms. The van der Waals surface area contributed by atoms with Crippen LogP contribution in [-0.2, 0) is 0 Å². The van der Waals surface area contributed by atoms with Crippen molar-refractivity contribution in [2.24, 2.45) is 0 Å². The zero-order chi connectivity index (χ0) is 93.1. The van der Waals surface area contributed by atoms with Crippen molar-refractivity contribution in [3.63, 3.8) is 0 Å². The number of anilines is 12. The topological polar surface area (TPSA) is 74.3 Å². The van der Waals surface area contributed by atoms with Gasteiger partial charge in [-0.2, -0.15) is 0 Å². The first-order valence-electron chi connectivity index (χ1n) is 48.3. The second-order valence-corrected chi connectivity index (χ2v) is 36.7. The van der Waals surface area contributed by atoms with Crippen molar-refractivity contribution in [3.05, 3.63) is 497 Å². The van der Waals surface area contributed by atoms with E-state index in [0.29, 0.717) is 0 Å². The molecule has 0 spiro atoms. The molecule has 0 radical (unpaired) electrons. The maximum absolute atomic E-state index is 7.19. The van der Waals surface area contributed by atoms with Gasteiger partial charge in [0.25, 0.3) is 0 Å². The number of nitrogens with zero attached hydrogens (tertiary/aromatic N) is 6. The van der Waals surface area contributed by atoms with Gasteiger partial charge in [-0.15, -0.1) is 0 Å². The van der Waals surface area contributed by atoms with Gasteiger partial charge < -0.3 is 46.1 Å². The summed E-state index contributed by atoms with van der Waals surface area (Å²) in [5, 5.41) is 17.3. The van der Waals surface area contributed by atoms with Crippen LogP contribution >= 0.6 is 0 Å². The van der Waals surface area contributed by atoms with E-state index >= 15 is 0 Å². The van der Waals surface area contributed by atoms with Crippen molar-refractivity contribution in [2.75, 3.05) is 19.6 Å². The van der Waals surface area contributed by atoms with Crippen LogP contribution in [0.25, 0.3) is 208 Å². The molecule has 0 atom stereocenters. The Morgan fingerprint density at radius 3 is 0.662 bits per heavy atom. The summed E-state index contributed by atoms with van der Waals surface area (Å²) in [5.41, 5.74) is 34.7. The first-order valence-corrected chi connectivity index (χ1v) is 48.3. The van der Waals surface area contributed by atoms with E-state index in [1.165, 1.54) is 0 Å². The molecule has 0 saturated heterocycles. The molecule has 0 unspecified atom stereocenters. The fourth-order valence-electron chi connectivity index (χ4n) is 22.9. The summed E-state index contributed by atoms with van der Waals surface area (Å²) in [4.78, 5) is 9.77. The first kappa shape index (κ1) is 80.1. The van der Waals surface area contributed by atoms with Gasteiger partial charge in [-0.3, -0.25) is 0 Å². The van der Waals surface area contributed by atoms with Gasteiger partial charge in [0.15, 0.2) is 22.3 Å². The standard InChI is InChI=1S/2C66H41N3O2/c1-5-22-42(23-6-1)46-30-13-17-36-54(46)67(44-26-9-3-10-27-44)56-40-52-48-32-15-19-38-58(48)70-65(52)63-60(56)50-34-21-35-51-61-57(41-53-49-33-16-20-39-59(49)71-66(53)64(61)69(63)62(50)51)68(45-28-11-4-12-29-45)55-37-18-14-31-47(55)43-24-7-2-8-25-43;1-5-20-42(21-6-1)44-24-17-30-48(38-44)67(46-26-9-3-10-27-46)56-40-54-50-32-13-15-36-58(50)70-65(54)63-60(56)52-34-19-35-53-61-57(41-55-51-33-14-16-37-59(51)71-66(55)64(61)69(63)62(52)53)68(47-28-11-4-12-29-47)49-31-18-25-45(39-49)43-22-7-2-8-23-43/h2*1-41H. The molecule has 0 aliphatic rings. The van der Waals surface area contributed by atoms with Crippen molar-refractivity contribution in [2.45, 2.75) is 0 Å². The van der Waals surface area contributed by atoms with Gasteiger partial charge in [0.1, 0.15) is 44.4 Å². The number of hydrogen-bond donors (Lipinski definition) is 0. The van der Waals surface area contributed by atoms with Crippen LogP contribution in [0.5, 0.6) is 0 Å². The van der Waals surface area contributed by atoms with E-state index in [0.717, 1.165) is 277 Å². The lowest BCUT2D eigenvalue weighted by atomic mass is 9.98. The van der Waals surface area contributed by atoms with Gasteiger partial charge >= 0.3 is 0 Å². The van der Waals surface area contributed by atoms with Gasteiger partial charge in [-0.1, -0.05) is 364 Å². The Labute approximate surface area is 814 Å². The quantitative estimate of drug-likeness (QED) is 0.0947. The molecule has 30 rings (SSSR count). The molecule has 10 nitrogen and oxygen atoms in total. The molecule has 8 aromatic heterocycles. The predicted molar refractivity (Wildman–Crippen MR) is 592 cm³/mol. The number of fused-ring (bicyclic) bond motifs is 28. The molecular weight excluding hydrogens is 1730 g/mol. The smallest absolute Gasteiger partial charge is 0.160 e. The third-order valence-corrected chi connectivity index (χ3v) is 28.9. The highest BCUT2D eigenvalue weighted by molar-refractivity contribution is 6.39. The molecule has 142 heavy (non-hydrogen) atoms. The van der Waals surface area contributed by atoms with Gasteiger partial charge in [0.05, 0.1) is 45.2 Å². The Bertz CT molecular complexity index is 9630. The molecule has 0 aliphatic carbocycles. The average Bonchev–Trinajstić information content (AvgIpc) is 1.51. The zero-order valence-corrected chi connectivity index (χ0v) is 76.7. The molecule has 22 aromatic carbocycles. The number of hydrogen-bond acceptors (Lipinski definition) is 8. The second-order valence-electron chi connectivity index (χ2n) is 36.7. The maximum atomic E-state index is 7.19. The highest BCUT2D eigenvalue weighted by Gasteiger charge is 2.36. The normalized spacial score (nSPS) is 11.9. The van der Waals surface area contributed by atoms with Gasteiger partial charge in [-0.25, -0.2) is 0 Å². The largest absolute Gasteiger partial charge is 0.454 e. The number of aromatic nitrogens is 2. The van der Waals surface area contributed by atoms with Crippen LogP contribution in [0.3, 0.4) is 0 Å². The summed E-state index contributed by atoms with van der Waals surface area (Å²) in [5.74, 6) is 0. The number of benzene rings is 22.